The number of H-pyrrole nitrogens is 1. The predicted molar refractivity (Wildman–Crippen MR) is 102 cm³/mol. The summed E-state index contributed by atoms with van der Waals surface area (Å²) in [6, 6.07) is 13.6. The van der Waals surface area contributed by atoms with Crippen LogP contribution in [0.3, 0.4) is 0 Å². The van der Waals surface area contributed by atoms with Crippen molar-refractivity contribution in [3.63, 3.8) is 0 Å². The molecule has 3 aromatic rings. The van der Waals surface area contributed by atoms with Gasteiger partial charge in [0.1, 0.15) is 5.75 Å². The fourth-order valence-electron chi connectivity index (χ4n) is 2.72. The number of nitrogens with zero attached hydrogens (tertiary/aromatic N) is 1. The molecular weight excluding hydrogens is 370 g/mol. The van der Waals surface area contributed by atoms with Gasteiger partial charge in [-0.2, -0.15) is 0 Å². The molecule has 0 aliphatic carbocycles. The van der Waals surface area contributed by atoms with E-state index in [4.69, 9.17) is 4.74 Å². The third kappa shape index (κ3) is 4.26. The normalized spacial score (nSPS) is 11.6. The van der Waals surface area contributed by atoms with Crippen LogP contribution in [0, 0.1) is 0 Å². The van der Waals surface area contributed by atoms with E-state index < -0.39 is 27.0 Å². The standard InChI is InChI=1S/C18H19N3O5S/c1-26-16-9-5-2-6-13(16)12-19-27(24,25)11-10-21-17(22)14-7-3-4-8-15(14)20-18(21)23/h2-9,19H,10-12H2,1H3,(H,20,23). The molecule has 0 bridgehead atoms. The van der Waals surface area contributed by atoms with Crippen LogP contribution in [-0.2, 0) is 23.1 Å². The second kappa shape index (κ2) is 7.77. The van der Waals surface area contributed by atoms with Crippen LogP contribution in [0.15, 0.2) is 58.1 Å². The third-order valence-corrected chi connectivity index (χ3v) is 5.45. The fraction of sp³-hybridized carbons (Fsp3) is 0.222. The van der Waals surface area contributed by atoms with Crippen molar-refractivity contribution in [3.05, 3.63) is 74.9 Å². The number of benzene rings is 2. The largest absolute Gasteiger partial charge is 0.496 e. The molecular formula is C18H19N3O5S. The van der Waals surface area contributed by atoms with Crippen molar-refractivity contribution in [1.29, 1.82) is 0 Å². The Labute approximate surface area is 155 Å². The monoisotopic (exact) mass is 389 g/mol. The summed E-state index contributed by atoms with van der Waals surface area (Å²) in [6.45, 7) is -0.199. The molecule has 0 saturated carbocycles. The molecule has 0 amide bonds. The molecule has 0 unspecified atom stereocenters. The van der Waals surface area contributed by atoms with Gasteiger partial charge >= 0.3 is 5.69 Å². The Balaban J connectivity index is 1.75. The predicted octanol–water partition coefficient (Wildman–Crippen LogP) is 0.818. The highest BCUT2D eigenvalue weighted by Gasteiger charge is 2.14. The lowest BCUT2D eigenvalue weighted by Gasteiger charge is -2.11. The van der Waals surface area contributed by atoms with Gasteiger partial charge < -0.3 is 9.72 Å². The number of hydrogen-bond acceptors (Lipinski definition) is 5. The van der Waals surface area contributed by atoms with Crippen LogP contribution in [0.4, 0.5) is 0 Å². The molecule has 0 spiro atoms. The first-order valence-corrected chi connectivity index (χ1v) is 9.87. The summed E-state index contributed by atoms with van der Waals surface area (Å²) >= 11 is 0. The van der Waals surface area contributed by atoms with Gasteiger partial charge in [0.2, 0.25) is 10.0 Å². The molecule has 0 aliphatic heterocycles. The van der Waals surface area contributed by atoms with Crippen molar-refractivity contribution in [2.75, 3.05) is 12.9 Å². The highest BCUT2D eigenvalue weighted by Crippen LogP contribution is 2.16. The number of para-hydroxylation sites is 2. The Morgan fingerprint density at radius 1 is 1.07 bits per heavy atom. The molecule has 2 aromatic carbocycles. The van der Waals surface area contributed by atoms with E-state index in [2.05, 4.69) is 9.71 Å². The smallest absolute Gasteiger partial charge is 0.328 e. The number of rotatable bonds is 7. The molecule has 0 radical (unpaired) electrons. The molecule has 0 fully saturated rings. The fourth-order valence-corrected chi connectivity index (χ4v) is 3.67. The van der Waals surface area contributed by atoms with Gasteiger partial charge in [0, 0.05) is 18.7 Å². The van der Waals surface area contributed by atoms with Gasteiger partial charge in [0.15, 0.2) is 0 Å². The minimum Gasteiger partial charge on any atom is -0.496 e. The zero-order valence-corrected chi connectivity index (χ0v) is 15.5. The Bertz CT molecular complexity index is 1180. The van der Waals surface area contributed by atoms with Crippen LogP contribution in [0.5, 0.6) is 5.75 Å². The lowest BCUT2D eigenvalue weighted by Crippen LogP contribution is -2.38. The molecule has 2 N–H and O–H groups in total. The minimum atomic E-state index is -3.71. The van der Waals surface area contributed by atoms with E-state index in [1.165, 1.54) is 7.11 Å². The van der Waals surface area contributed by atoms with Gasteiger partial charge in [0.05, 0.1) is 23.8 Å². The number of nitrogens with one attached hydrogen (secondary N) is 2. The summed E-state index contributed by atoms with van der Waals surface area (Å²) in [5, 5.41) is 0.330. The summed E-state index contributed by atoms with van der Waals surface area (Å²) in [5.74, 6) is 0.172. The van der Waals surface area contributed by atoms with Gasteiger partial charge in [-0.1, -0.05) is 30.3 Å². The topological polar surface area (TPSA) is 110 Å². The Morgan fingerprint density at radius 2 is 1.78 bits per heavy atom. The van der Waals surface area contributed by atoms with E-state index in [1.54, 1.807) is 48.5 Å². The summed E-state index contributed by atoms with van der Waals surface area (Å²) in [4.78, 5) is 27.1. The number of sulfonamides is 1. The molecule has 8 nitrogen and oxygen atoms in total. The van der Waals surface area contributed by atoms with E-state index in [0.717, 1.165) is 4.57 Å². The van der Waals surface area contributed by atoms with Crippen LogP contribution in [0.25, 0.3) is 10.9 Å². The maximum Gasteiger partial charge on any atom is 0.328 e. The minimum absolute atomic E-state index is 0.0509. The Hall–Kier alpha value is -2.91. The lowest BCUT2D eigenvalue weighted by molar-refractivity contribution is 0.409. The van der Waals surface area contributed by atoms with E-state index >= 15 is 0 Å². The van der Waals surface area contributed by atoms with Crippen LogP contribution in [0.1, 0.15) is 5.56 Å². The maximum absolute atomic E-state index is 12.4. The summed E-state index contributed by atoms with van der Waals surface area (Å²) in [6.07, 6.45) is 0. The number of fused-ring (bicyclic) bond motifs is 1. The van der Waals surface area contributed by atoms with E-state index in [-0.39, 0.29) is 13.1 Å². The molecule has 3 rings (SSSR count). The highest BCUT2D eigenvalue weighted by molar-refractivity contribution is 7.89. The van der Waals surface area contributed by atoms with Crippen molar-refractivity contribution in [3.8, 4) is 5.75 Å². The summed E-state index contributed by atoms with van der Waals surface area (Å²) < 4.78 is 33.1. The summed E-state index contributed by atoms with van der Waals surface area (Å²) in [5.41, 5.74) is -0.0573. The molecule has 1 aromatic heterocycles. The Morgan fingerprint density at radius 3 is 2.56 bits per heavy atom. The second-order valence-electron chi connectivity index (χ2n) is 5.88. The van der Waals surface area contributed by atoms with Gasteiger partial charge in [-0.05, 0) is 18.2 Å². The van der Waals surface area contributed by atoms with Crippen LogP contribution in [0.2, 0.25) is 0 Å². The highest BCUT2D eigenvalue weighted by atomic mass is 32.2. The zero-order valence-electron chi connectivity index (χ0n) is 14.6. The van der Waals surface area contributed by atoms with Crippen molar-refractivity contribution in [1.82, 2.24) is 14.3 Å². The molecule has 9 heteroatoms. The van der Waals surface area contributed by atoms with Crippen LogP contribution < -0.4 is 20.7 Å². The van der Waals surface area contributed by atoms with Crippen molar-refractivity contribution < 1.29 is 13.2 Å². The number of hydrogen-bond donors (Lipinski definition) is 2. The number of aromatic nitrogens is 2. The Kier molecular flexibility index (Phi) is 5.43. The molecule has 142 valence electrons. The zero-order chi connectivity index (χ0) is 19.4. The molecule has 0 atom stereocenters. The van der Waals surface area contributed by atoms with Gasteiger partial charge in [0.25, 0.3) is 5.56 Å². The molecule has 1 heterocycles. The number of methoxy groups -OCH3 is 1. The molecule has 0 saturated heterocycles. The first-order valence-electron chi connectivity index (χ1n) is 8.22. The van der Waals surface area contributed by atoms with Crippen molar-refractivity contribution in [2.45, 2.75) is 13.1 Å². The van der Waals surface area contributed by atoms with Gasteiger partial charge in [-0.25, -0.2) is 17.9 Å². The average molecular weight is 389 g/mol. The lowest BCUT2D eigenvalue weighted by atomic mass is 10.2. The number of ether oxygens (including phenoxy) is 1. The SMILES string of the molecule is COc1ccccc1CNS(=O)(=O)CCn1c(=O)[nH]c2ccccc2c1=O. The first-order chi connectivity index (χ1) is 12.9. The number of aromatic amines is 1. The first kappa shape index (κ1) is 18.9. The van der Waals surface area contributed by atoms with Crippen molar-refractivity contribution in [2.24, 2.45) is 0 Å². The maximum atomic E-state index is 12.4. The third-order valence-electron chi connectivity index (χ3n) is 4.15. The molecule has 27 heavy (non-hydrogen) atoms. The summed E-state index contributed by atoms with van der Waals surface area (Å²) in [7, 11) is -2.20. The quantitative estimate of drug-likeness (QED) is 0.622. The van der Waals surface area contributed by atoms with Crippen LogP contribution >= 0.6 is 0 Å². The van der Waals surface area contributed by atoms with E-state index in [1.807, 2.05) is 0 Å². The average Bonchev–Trinajstić information content (AvgIpc) is 2.66. The van der Waals surface area contributed by atoms with Crippen molar-refractivity contribution >= 4 is 20.9 Å². The van der Waals surface area contributed by atoms with E-state index in [9.17, 15) is 18.0 Å². The second-order valence-corrected chi connectivity index (χ2v) is 7.81. The van der Waals surface area contributed by atoms with Crippen LogP contribution in [-0.4, -0.2) is 30.8 Å². The molecule has 0 aliphatic rings. The van der Waals surface area contributed by atoms with Gasteiger partial charge in [-0.3, -0.25) is 9.36 Å². The van der Waals surface area contributed by atoms with Gasteiger partial charge in [-0.15, -0.1) is 0 Å². The van der Waals surface area contributed by atoms with E-state index in [0.29, 0.717) is 22.2 Å².